The van der Waals surface area contributed by atoms with E-state index in [-0.39, 0.29) is 25.5 Å². The van der Waals surface area contributed by atoms with Crippen molar-refractivity contribution in [3.8, 4) is 0 Å². The maximum atomic E-state index is 11.9. The van der Waals surface area contributed by atoms with Gasteiger partial charge >= 0.3 is 0 Å². The van der Waals surface area contributed by atoms with Crippen molar-refractivity contribution in [2.45, 2.75) is 6.92 Å². The number of para-hydroxylation sites is 1. The number of imide groups is 1. The topological polar surface area (TPSA) is 105 Å². The van der Waals surface area contributed by atoms with Gasteiger partial charge in [-0.2, -0.15) is 0 Å². The van der Waals surface area contributed by atoms with Gasteiger partial charge in [-0.05, 0) is 18.6 Å². The van der Waals surface area contributed by atoms with E-state index in [1.807, 2.05) is 13.0 Å². The molecule has 0 bridgehead atoms. The summed E-state index contributed by atoms with van der Waals surface area (Å²) < 4.78 is 0. The molecule has 0 saturated carbocycles. The predicted molar refractivity (Wildman–Crippen MR) is 73.8 cm³/mol. The van der Waals surface area contributed by atoms with Gasteiger partial charge in [0.2, 0.25) is 17.7 Å². The molecule has 1 fully saturated rings. The standard InChI is InChI=1S/C13H16N4O3/c1-8-3-2-4-9(14)13(8)16-12(20)7-17-5-10(18)15-11(19)6-17/h2-4H,5-7,14H2,1H3,(H,16,20)(H,15,18,19). The molecule has 1 aromatic rings. The van der Waals surface area contributed by atoms with Crippen molar-refractivity contribution in [3.63, 3.8) is 0 Å². The van der Waals surface area contributed by atoms with Crippen LogP contribution in [0.25, 0.3) is 0 Å². The Hall–Kier alpha value is -2.41. The van der Waals surface area contributed by atoms with Gasteiger partial charge in [-0.15, -0.1) is 0 Å². The number of hydrogen-bond acceptors (Lipinski definition) is 5. The second-order valence-electron chi connectivity index (χ2n) is 4.70. The summed E-state index contributed by atoms with van der Waals surface area (Å²) in [5.74, 6) is -1.11. The van der Waals surface area contributed by atoms with Crippen molar-refractivity contribution in [1.29, 1.82) is 0 Å². The van der Waals surface area contributed by atoms with Crippen molar-refractivity contribution in [2.75, 3.05) is 30.7 Å². The van der Waals surface area contributed by atoms with E-state index in [0.717, 1.165) is 5.56 Å². The lowest BCUT2D eigenvalue weighted by Crippen LogP contribution is -2.53. The highest BCUT2D eigenvalue weighted by atomic mass is 16.2. The summed E-state index contributed by atoms with van der Waals surface area (Å²) in [6.45, 7) is 1.86. The molecular weight excluding hydrogens is 260 g/mol. The third-order valence-corrected chi connectivity index (χ3v) is 2.95. The van der Waals surface area contributed by atoms with E-state index in [9.17, 15) is 14.4 Å². The summed E-state index contributed by atoms with van der Waals surface area (Å²) in [7, 11) is 0. The predicted octanol–water partition coefficient (Wildman–Crippen LogP) is -0.526. The molecule has 0 atom stereocenters. The van der Waals surface area contributed by atoms with Crippen LogP contribution in [0.2, 0.25) is 0 Å². The first kappa shape index (κ1) is 14.0. The summed E-state index contributed by atoms with van der Waals surface area (Å²) >= 11 is 0. The number of nitrogens with zero attached hydrogens (tertiary/aromatic N) is 1. The van der Waals surface area contributed by atoms with Gasteiger partial charge in [-0.25, -0.2) is 0 Å². The fraction of sp³-hybridized carbons (Fsp3) is 0.308. The highest BCUT2D eigenvalue weighted by molar-refractivity contribution is 6.01. The monoisotopic (exact) mass is 276 g/mol. The normalized spacial score (nSPS) is 15.8. The molecule has 1 aliphatic rings. The Bertz CT molecular complexity index is 534. The SMILES string of the molecule is Cc1cccc(N)c1NC(=O)CN1CC(=O)NC(=O)C1. The number of amides is 3. The lowest BCUT2D eigenvalue weighted by Gasteiger charge is -2.24. The van der Waals surface area contributed by atoms with Crippen LogP contribution in [0.1, 0.15) is 5.56 Å². The Morgan fingerprint density at radius 2 is 2.00 bits per heavy atom. The number of carbonyl (C=O) groups is 3. The number of anilines is 2. The number of nitrogens with two attached hydrogens (primary N) is 1. The molecule has 1 aliphatic heterocycles. The van der Waals surface area contributed by atoms with Gasteiger partial charge in [0.25, 0.3) is 0 Å². The molecule has 20 heavy (non-hydrogen) atoms. The molecule has 7 heteroatoms. The maximum absolute atomic E-state index is 11.9. The van der Waals surface area contributed by atoms with Crippen molar-refractivity contribution in [1.82, 2.24) is 10.2 Å². The van der Waals surface area contributed by atoms with Crippen LogP contribution in [0.3, 0.4) is 0 Å². The number of piperazine rings is 1. The number of hydrogen-bond donors (Lipinski definition) is 3. The minimum atomic E-state index is -0.399. The number of aryl methyl sites for hydroxylation is 1. The molecule has 7 nitrogen and oxygen atoms in total. The van der Waals surface area contributed by atoms with Crippen molar-refractivity contribution in [3.05, 3.63) is 23.8 Å². The Balaban J connectivity index is 1.99. The van der Waals surface area contributed by atoms with Crippen LogP contribution in [0.15, 0.2) is 18.2 Å². The van der Waals surface area contributed by atoms with E-state index < -0.39 is 11.8 Å². The number of rotatable bonds is 3. The van der Waals surface area contributed by atoms with Crippen LogP contribution in [-0.2, 0) is 14.4 Å². The summed E-state index contributed by atoms with van der Waals surface area (Å²) in [6, 6.07) is 5.33. The first-order valence-electron chi connectivity index (χ1n) is 6.15. The second-order valence-corrected chi connectivity index (χ2v) is 4.70. The van der Waals surface area contributed by atoms with Crippen LogP contribution >= 0.6 is 0 Å². The zero-order chi connectivity index (χ0) is 14.7. The van der Waals surface area contributed by atoms with E-state index >= 15 is 0 Å². The van der Waals surface area contributed by atoms with Gasteiger partial charge in [0.1, 0.15) is 0 Å². The number of nitrogens with one attached hydrogen (secondary N) is 2. The number of benzene rings is 1. The van der Waals surface area contributed by atoms with Crippen LogP contribution in [-0.4, -0.2) is 42.3 Å². The lowest BCUT2D eigenvalue weighted by atomic mass is 10.1. The molecule has 1 heterocycles. The second kappa shape index (κ2) is 5.70. The van der Waals surface area contributed by atoms with Crippen LogP contribution in [0.5, 0.6) is 0 Å². The van der Waals surface area contributed by atoms with E-state index in [1.165, 1.54) is 4.90 Å². The third-order valence-electron chi connectivity index (χ3n) is 2.95. The molecule has 0 spiro atoms. The van der Waals surface area contributed by atoms with Gasteiger partial charge in [0, 0.05) is 0 Å². The Morgan fingerprint density at radius 1 is 1.35 bits per heavy atom. The maximum Gasteiger partial charge on any atom is 0.240 e. The highest BCUT2D eigenvalue weighted by Gasteiger charge is 2.24. The van der Waals surface area contributed by atoms with Crippen molar-refractivity contribution < 1.29 is 14.4 Å². The van der Waals surface area contributed by atoms with Gasteiger partial charge < -0.3 is 11.1 Å². The molecular formula is C13H16N4O3. The average Bonchev–Trinajstić information content (AvgIpc) is 2.32. The lowest BCUT2D eigenvalue weighted by molar-refractivity contribution is -0.136. The molecule has 3 amide bonds. The summed E-state index contributed by atoms with van der Waals surface area (Å²) in [5, 5.41) is 4.89. The van der Waals surface area contributed by atoms with Gasteiger partial charge in [-0.1, -0.05) is 12.1 Å². The largest absolute Gasteiger partial charge is 0.397 e. The fourth-order valence-corrected chi connectivity index (χ4v) is 2.05. The van der Waals surface area contributed by atoms with E-state index in [0.29, 0.717) is 11.4 Å². The molecule has 1 aromatic carbocycles. The summed E-state index contributed by atoms with van der Waals surface area (Å²) in [5.41, 5.74) is 7.69. The van der Waals surface area contributed by atoms with Crippen LogP contribution in [0, 0.1) is 6.92 Å². The third kappa shape index (κ3) is 3.33. The molecule has 0 aliphatic carbocycles. The first-order valence-corrected chi connectivity index (χ1v) is 6.15. The number of carbonyl (C=O) groups excluding carboxylic acids is 3. The molecule has 0 aromatic heterocycles. The Kier molecular flexibility index (Phi) is 3.99. The smallest absolute Gasteiger partial charge is 0.240 e. The Labute approximate surface area is 116 Å². The highest BCUT2D eigenvalue weighted by Crippen LogP contribution is 2.22. The zero-order valence-electron chi connectivity index (χ0n) is 11.1. The minimum Gasteiger partial charge on any atom is -0.397 e. The van der Waals surface area contributed by atoms with E-state index in [4.69, 9.17) is 5.73 Å². The first-order chi connectivity index (χ1) is 9.45. The van der Waals surface area contributed by atoms with Gasteiger partial charge in [0.05, 0.1) is 31.0 Å². The van der Waals surface area contributed by atoms with E-state index in [2.05, 4.69) is 10.6 Å². The quantitative estimate of drug-likeness (QED) is 0.509. The minimum absolute atomic E-state index is 0.0302. The van der Waals surface area contributed by atoms with Gasteiger partial charge in [0.15, 0.2) is 0 Å². The fourth-order valence-electron chi connectivity index (χ4n) is 2.05. The summed E-state index contributed by atoms with van der Waals surface area (Å²) in [6.07, 6.45) is 0. The molecule has 1 saturated heterocycles. The summed E-state index contributed by atoms with van der Waals surface area (Å²) in [4.78, 5) is 35.8. The Morgan fingerprint density at radius 3 is 2.60 bits per heavy atom. The van der Waals surface area contributed by atoms with Crippen LogP contribution < -0.4 is 16.4 Å². The zero-order valence-corrected chi connectivity index (χ0v) is 11.1. The van der Waals surface area contributed by atoms with E-state index in [1.54, 1.807) is 12.1 Å². The van der Waals surface area contributed by atoms with Crippen LogP contribution in [0.4, 0.5) is 11.4 Å². The van der Waals surface area contributed by atoms with Crippen molar-refractivity contribution in [2.24, 2.45) is 0 Å². The molecule has 2 rings (SSSR count). The molecule has 0 unspecified atom stereocenters. The van der Waals surface area contributed by atoms with Crippen molar-refractivity contribution >= 4 is 29.1 Å². The number of nitrogen functional groups attached to an aromatic ring is 1. The average molecular weight is 276 g/mol. The molecule has 0 radical (unpaired) electrons. The molecule has 106 valence electrons. The molecule has 4 N–H and O–H groups in total. The van der Waals surface area contributed by atoms with Gasteiger partial charge in [-0.3, -0.25) is 24.6 Å².